The third kappa shape index (κ3) is 4.22. The zero-order valence-corrected chi connectivity index (χ0v) is 14.6. The van der Waals surface area contributed by atoms with Crippen molar-refractivity contribution in [3.63, 3.8) is 0 Å². The summed E-state index contributed by atoms with van der Waals surface area (Å²) in [7, 11) is 0. The lowest BCUT2D eigenvalue weighted by Crippen LogP contribution is -2.15. The van der Waals surface area contributed by atoms with Gasteiger partial charge in [-0.05, 0) is 43.2 Å². The molecule has 2 aromatic carbocycles. The van der Waals surface area contributed by atoms with Gasteiger partial charge in [0, 0.05) is 11.8 Å². The SMILES string of the molecule is CCc1ccc(NC(=O)c2cc(Nc3ccccc3F)nc(C)n2)cc1. The van der Waals surface area contributed by atoms with E-state index in [1.165, 1.54) is 17.7 Å². The third-order valence-corrected chi connectivity index (χ3v) is 3.83. The van der Waals surface area contributed by atoms with E-state index >= 15 is 0 Å². The van der Waals surface area contributed by atoms with Gasteiger partial charge in [-0.25, -0.2) is 14.4 Å². The maximum absolute atomic E-state index is 13.8. The predicted octanol–water partition coefficient (Wildman–Crippen LogP) is 4.48. The molecule has 3 aromatic rings. The van der Waals surface area contributed by atoms with Crippen LogP contribution in [0.3, 0.4) is 0 Å². The normalized spacial score (nSPS) is 10.4. The summed E-state index contributed by atoms with van der Waals surface area (Å²) >= 11 is 0. The first kappa shape index (κ1) is 17.5. The smallest absolute Gasteiger partial charge is 0.274 e. The summed E-state index contributed by atoms with van der Waals surface area (Å²) in [6, 6.07) is 15.4. The number of halogens is 1. The topological polar surface area (TPSA) is 66.9 Å². The number of hydrogen-bond acceptors (Lipinski definition) is 4. The van der Waals surface area contributed by atoms with Gasteiger partial charge in [-0.2, -0.15) is 0 Å². The Morgan fingerprint density at radius 2 is 1.81 bits per heavy atom. The minimum atomic E-state index is -0.397. The van der Waals surface area contributed by atoms with Crippen LogP contribution in [0.1, 0.15) is 28.8 Å². The number of carbonyl (C=O) groups excluding carboxylic acids is 1. The molecule has 1 aromatic heterocycles. The number of para-hydroxylation sites is 1. The van der Waals surface area contributed by atoms with Crippen molar-refractivity contribution >= 4 is 23.1 Å². The Morgan fingerprint density at radius 3 is 2.50 bits per heavy atom. The number of carbonyl (C=O) groups is 1. The molecule has 0 aliphatic carbocycles. The molecule has 6 heteroatoms. The number of anilines is 3. The molecule has 0 unspecified atom stereocenters. The molecule has 0 saturated carbocycles. The first-order valence-corrected chi connectivity index (χ1v) is 8.32. The lowest BCUT2D eigenvalue weighted by molar-refractivity contribution is 0.102. The summed E-state index contributed by atoms with van der Waals surface area (Å²) in [5.41, 5.74) is 2.37. The first-order valence-electron chi connectivity index (χ1n) is 8.32. The van der Waals surface area contributed by atoms with Gasteiger partial charge < -0.3 is 10.6 Å². The average Bonchev–Trinajstić information content (AvgIpc) is 2.64. The number of aryl methyl sites for hydroxylation is 2. The maximum atomic E-state index is 13.8. The minimum absolute atomic E-state index is 0.205. The van der Waals surface area contributed by atoms with Crippen LogP contribution in [0.5, 0.6) is 0 Å². The number of nitrogens with zero attached hydrogens (tertiary/aromatic N) is 2. The van der Waals surface area contributed by atoms with Crippen LogP contribution in [0.2, 0.25) is 0 Å². The van der Waals surface area contributed by atoms with Crippen molar-refractivity contribution in [2.24, 2.45) is 0 Å². The van der Waals surface area contributed by atoms with Crippen molar-refractivity contribution in [2.75, 3.05) is 10.6 Å². The molecule has 0 aliphatic rings. The zero-order valence-electron chi connectivity index (χ0n) is 14.6. The van der Waals surface area contributed by atoms with Crippen molar-refractivity contribution in [1.82, 2.24) is 9.97 Å². The largest absolute Gasteiger partial charge is 0.338 e. The van der Waals surface area contributed by atoms with E-state index in [2.05, 4.69) is 27.5 Å². The third-order valence-electron chi connectivity index (χ3n) is 3.83. The molecule has 0 fully saturated rings. The molecular formula is C20H19FN4O. The van der Waals surface area contributed by atoms with Crippen molar-refractivity contribution in [2.45, 2.75) is 20.3 Å². The summed E-state index contributed by atoms with van der Waals surface area (Å²) in [5, 5.41) is 5.69. The van der Waals surface area contributed by atoms with Gasteiger partial charge >= 0.3 is 0 Å². The molecule has 0 aliphatic heterocycles. The second-order valence-electron chi connectivity index (χ2n) is 5.80. The fraction of sp³-hybridized carbons (Fsp3) is 0.150. The zero-order chi connectivity index (χ0) is 18.5. The van der Waals surface area contributed by atoms with E-state index in [9.17, 15) is 9.18 Å². The molecule has 0 radical (unpaired) electrons. The second kappa shape index (κ2) is 7.74. The molecule has 3 rings (SSSR count). The fourth-order valence-corrected chi connectivity index (χ4v) is 2.47. The Labute approximate surface area is 151 Å². The highest BCUT2D eigenvalue weighted by molar-refractivity contribution is 6.03. The molecule has 1 heterocycles. The summed E-state index contributed by atoms with van der Waals surface area (Å²) in [4.78, 5) is 20.9. The number of benzene rings is 2. The van der Waals surface area contributed by atoms with Gasteiger partial charge in [-0.3, -0.25) is 4.79 Å². The lowest BCUT2D eigenvalue weighted by atomic mass is 10.1. The fourth-order valence-electron chi connectivity index (χ4n) is 2.47. The van der Waals surface area contributed by atoms with E-state index in [1.807, 2.05) is 24.3 Å². The van der Waals surface area contributed by atoms with Crippen LogP contribution < -0.4 is 10.6 Å². The molecule has 0 atom stereocenters. The van der Waals surface area contributed by atoms with Crippen molar-refractivity contribution < 1.29 is 9.18 Å². The van der Waals surface area contributed by atoms with E-state index in [1.54, 1.807) is 25.1 Å². The lowest BCUT2D eigenvalue weighted by Gasteiger charge is -2.10. The molecule has 132 valence electrons. The molecule has 2 N–H and O–H groups in total. The quantitative estimate of drug-likeness (QED) is 0.712. The highest BCUT2D eigenvalue weighted by Gasteiger charge is 2.12. The van der Waals surface area contributed by atoms with Gasteiger partial charge in [0.1, 0.15) is 23.2 Å². The van der Waals surface area contributed by atoms with Crippen LogP contribution in [-0.2, 0) is 6.42 Å². The van der Waals surface area contributed by atoms with E-state index in [0.29, 0.717) is 17.3 Å². The monoisotopic (exact) mass is 350 g/mol. The highest BCUT2D eigenvalue weighted by atomic mass is 19.1. The van der Waals surface area contributed by atoms with E-state index in [4.69, 9.17) is 0 Å². The molecule has 0 saturated heterocycles. The first-order chi connectivity index (χ1) is 12.5. The number of rotatable bonds is 5. The molecule has 1 amide bonds. The average molecular weight is 350 g/mol. The van der Waals surface area contributed by atoms with Gasteiger partial charge in [-0.15, -0.1) is 0 Å². The van der Waals surface area contributed by atoms with Gasteiger partial charge in [0.05, 0.1) is 5.69 Å². The molecule has 26 heavy (non-hydrogen) atoms. The molecule has 5 nitrogen and oxygen atoms in total. The van der Waals surface area contributed by atoms with Gasteiger partial charge in [0.25, 0.3) is 5.91 Å². The Hall–Kier alpha value is -3.28. The summed E-state index contributed by atoms with van der Waals surface area (Å²) in [5.74, 6) is 0.0222. The second-order valence-corrected chi connectivity index (χ2v) is 5.80. The Bertz CT molecular complexity index is 925. The van der Waals surface area contributed by atoms with Crippen molar-refractivity contribution in [3.8, 4) is 0 Å². The minimum Gasteiger partial charge on any atom is -0.338 e. The standard InChI is InChI=1S/C20H19FN4O/c1-3-14-8-10-15(11-9-14)24-20(26)18-12-19(23-13(2)22-18)25-17-7-5-4-6-16(17)21/h4-12H,3H2,1-2H3,(H,24,26)(H,22,23,25). The maximum Gasteiger partial charge on any atom is 0.274 e. The van der Waals surface area contributed by atoms with E-state index in [-0.39, 0.29) is 17.3 Å². The van der Waals surface area contributed by atoms with E-state index < -0.39 is 5.82 Å². The molecular weight excluding hydrogens is 331 g/mol. The molecule has 0 spiro atoms. The Kier molecular flexibility index (Phi) is 5.22. The predicted molar refractivity (Wildman–Crippen MR) is 100 cm³/mol. The summed E-state index contributed by atoms with van der Waals surface area (Å²) in [6.07, 6.45) is 0.935. The summed E-state index contributed by atoms with van der Waals surface area (Å²) < 4.78 is 13.8. The van der Waals surface area contributed by atoms with Crippen molar-refractivity contribution in [3.05, 3.63) is 77.5 Å². The molecule has 0 bridgehead atoms. The summed E-state index contributed by atoms with van der Waals surface area (Å²) in [6.45, 7) is 3.75. The number of nitrogens with one attached hydrogen (secondary N) is 2. The van der Waals surface area contributed by atoms with Crippen LogP contribution in [0, 0.1) is 12.7 Å². The number of amides is 1. The van der Waals surface area contributed by atoms with Crippen LogP contribution in [0.25, 0.3) is 0 Å². The van der Waals surface area contributed by atoms with Gasteiger partial charge in [-0.1, -0.05) is 31.2 Å². The van der Waals surface area contributed by atoms with Crippen LogP contribution in [0.15, 0.2) is 54.6 Å². The number of hydrogen-bond donors (Lipinski definition) is 2. The highest BCUT2D eigenvalue weighted by Crippen LogP contribution is 2.19. The van der Waals surface area contributed by atoms with Gasteiger partial charge in [0.2, 0.25) is 0 Å². The Balaban J connectivity index is 1.80. The van der Waals surface area contributed by atoms with Crippen LogP contribution in [-0.4, -0.2) is 15.9 Å². The van der Waals surface area contributed by atoms with Gasteiger partial charge in [0.15, 0.2) is 0 Å². The van der Waals surface area contributed by atoms with Crippen LogP contribution >= 0.6 is 0 Å². The Morgan fingerprint density at radius 1 is 1.08 bits per heavy atom. The van der Waals surface area contributed by atoms with Crippen LogP contribution in [0.4, 0.5) is 21.6 Å². The van der Waals surface area contributed by atoms with E-state index in [0.717, 1.165) is 6.42 Å². The van der Waals surface area contributed by atoms with Crippen molar-refractivity contribution in [1.29, 1.82) is 0 Å². The number of aromatic nitrogens is 2.